The molecule has 1 atom stereocenters. The maximum absolute atomic E-state index is 12.6. The number of carboxylic acids is 1. The molecule has 0 spiro atoms. The van der Waals surface area contributed by atoms with Crippen molar-refractivity contribution in [3.63, 3.8) is 0 Å². The summed E-state index contributed by atoms with van der Waals surface area (Å²) in [7, 11) is 0. The number of alkyl halides is 3. The van der Waals surface area contributed by atoms with Crippen LogP contribution in [0.2, 0.25) is 0 Å². The van der Waals surface area contributed by atoms with Crippen LogP contribution < -0.4 is 5.32 Å². The molecule has 0 aliphatic carbocycles. The zero-order valence-electron chi connectivity index (χ0n) is 12.3. The highest BCUT2D eigenvalue weighted by Crippen LogP contribution is 2.29. The molecule has 0 fully saturated rings. The van der Waals surface area contributed by atoms with Gasteiger partial charge in [-0.25, -0.2) is 4.79 Å². The molecule has 1 aromatic carbocycles. The van der Waals surface area contributed by atoms with Crippen LogP contribution in [0, 0.1) is 0 Å². The van der Waals surface area contributed by atoms with Crippen LogP contribution in [0.3, 0.4) is 0 Å². The first-order chi connectivity index (χ1) is 10.6. The van der Waals surface area contributed by atoms with E-state index in [1.165, 1.54) is 0 Å². The third kappa shape index (κ3) is 5.72. The quantitative estimate of drug-likeness (QED) is 0.804. The number of carbonyl (C=O) groups is 3. The van der Waals surface area contributed by atoms with E-state index in [2.05, 4.69) is 5.32 Å². The van der Waals surface area contributed by atoms with E-state index in [0.29, 0.717) is 6.07 Å². The number of amides is 1. The summed E-state index contributed by atoms with van der Waals surface area (Å²) in [5.74, 6) is -2.45. The number of halogens is 3. The average molecular weight is 331 g/mol. The van der Waals surface area contributed by atoms with Crippen LogP contribution >= 0.6 is 0 Å². The van der Waals surface area contributed by atoms with Gasteiger partial charge in [0, 0.05) is 18.4 Å². The molecule has 0 saturated carbocycles. The van der Waals surface area contributed by atoms with E-state index in [9.17, 15) is 27.6 Å². The molecule has 0 aliphatic heterocycles. The smallest absolute Gasteiger partial charge is 0.416 e. The highest BCUT2D eigenvalue weighted by atomic mass is 19.4. The fourth-order valence-corrected chi connectivity index (χ4v) is 1.82. The van der Waals surface area contributed by atoms with Gasteiger partial charge in [-0.1, -0.05) is 13.0 Å². The average Bonchev–Trinajstić information content (AvgIpc) is 2.49. The van der Waals surface area contributed by atoms with Crippen LogP contribution in [0.15, 0.2) is 24.3 Å². The number of nitrogens with one attached hydrogen (secondary N) is 1. The summed E-state index contributed by atoms with van der Waals surface area (Å²) in [5.41, 5.74) is -1.30. The van der Waals surface area contributed by atoms with Gasteiger partial charge in [0.15, 0.2) is 0 Å². The Morgan fingerprint density at radius 1 is 1.26 bits per heavy atom. The Labute approximate surface area is 130 Å². The minimum absolute atomic E-state index is 0.0314. The molecule has 5 nitrogen and oxygen atoms in total. The SMILES string of the molecule is CCC(=O)CC[C@H](NC(=O)c1cccc(C(F)(F)F)c1)C(=O)O. The minimum atomic E-state index is -4.60. The molecular formula is C15H16F3NO4. The Kier molecular flexibility index (Phi) is 6.29. The first-order valence-corrected chi connectivity index (χ1v) is 6.87. The van der Waals surface area contributed by atoms with Crippen molar-refractivity contribution in [1.82, 2.24) is 5.32 Å². The van der Waals surface area contributed by atoms with Gasteiger partial charge in [0.1, 0.15) is 11.8 Å². The molecule has 0 saturated heterocycles. The highest BCUT2D eigenvalue weighted by molar-refractivity contribution is 5.96. The molecule has 126 valence electrons. The number of rotatable bonds is 7. The summed E-state index contributed by atoms with van der Waals surface area (Å²) in [5, 5.41) is 11.2. The zero-order chi connectivity index (χ0) is 17.6. The zero-order valence-corrected chi connectivity index (χ0v) is 12.3. The number of carboxylic acid groups (broad SMARTS) is 1. The fraction of sp³-hybridized carbons (Fsp3) is 0.400. The number of ketones is 1. The maximum Gasteiger partial charge on any atom is 0.416 e. The van der Waals surface area contributed by atoms with E-state index in [0.717, 1.165) is 18.2 Å². The van der Waals surface area contributed by atoms with Gasteiger partial charge in [-0.2, -0.15) is 13.2 Å². The number of Topliss-reactive ketones (excluding diaryl/α,β-unsaturated/α-hetero) is 1. The molecule has 0 aliphatic rings. The summed E-state index contributed by atoms with van der Waals surface area (Å²) >= 11 is 0. The van der Waals surface area contributed by atoms with Crippen LogP contribution in [0.4, 0.5) is 13.2 Å². The Balaban J connectivity index is 2.83. The number of benzene rings is 1. The predicted octanol–water partition coefficient (Wildman–Crippen LogP) is 2.65. The van der Waals surface area contributed by atoms with Crippen molar-refractivity contribution in [1.29, 1.82) is 0 Å². The normalized spacial score (nSPS) is 12.5. The first kappa shape index (κ1) is 18.7. The number of hydrogen-bond acceptors (Lipinski definition) is 3. The minimum Gasteiger partial charge on any atom is -0.480 e. The molecular weight excluding hydrogens is 315 g/mol. The molecule has 1 rings (SSSR count). The lowest BCUT2D eigenvalue weighted by molar-refractivity contribution is -0.140. The van der Waals surface area contributed by atoms with Crippen LogP contribution in [-0.4, -0.2) is 28.8 Å². The van der Waals surface area contributed by atoms with Crippen molar-refractivity contribution in [2.45, 2.75) is 38.4 Å². The van der Waals surface area contributed by atoms with Crippen LogP contribution in [0.5, 0.6) is 0 Å². The topological polar surface area (TPSA) is 83.5 Å². The Morgan fingerprint density at radius 2 is 1.91 bits per heavy atom. The lowest BCUT2D eigenvalue weighted by Gasteiger charge is -2.15. The summed E-state index contributed by atoms with van der Waals surface area (Å²) < 4.78 is 37.8. The summed E-state index contributed by atoms with van der Waals surface area (Å²) in [4.78, 5) is 34.2. The van der Waals surface area contributed by atoms with Gasteiger partial charge < -0.3 is 10.4 Å². The largest absolute Gasteiger partial charge is 0.480 e. The lowest BCUT2D eigenvalue weighted by atomic mass is 10.1. The highest BCUT2D eigenvalue weighted by Gasteiger charge is 2.31. The molecule has 1 amide bonds. The molecule has 2 N–H and O–H groups in total. The van der Waals surface area contributed by atoms with Gasteiger partial charge in [-0.05, 0) is 24.6 Å². The van der Waals surface area contributed by atoms with Gasteiger partial charge in [0.2, 0.25) is 0 Å². The van der Waals surface area contributed by atoms with Gasteiger partial charge in [-0.3, -0.25) is 9.59 Å². The van der Waals surface area contributed by atoms with Crippen molar-refractivity contribution >= 4 is 17.7 Å². The first-order valence-electron chi connectivity index (χ1n) is 6.87. The van der Waals surface area contributed by atoms with Crippen molar-refractivity contribution in [3.8, 4) is 0 Å². The van der Waals surface area contributed by atoms with E-state index in [1.54, 1.807) is 6.92 Å². The van der Waals surface area contributed by atoms with Crippen molar-refractivity contribution in [2.75, 3.05) is 0 Å². The maximum atomic E-state index is 12.6. The monoisotopic (exact) mass is 331 g/mol. The number of hydrogen-bond donors (Lipinski definition) is 2. The molecule has 0 radical (unpaired) electrons. The van der Waals surface area contributed by atoms with Gasteiger partial charge in [0.05, 0.1) is 5.56 Å². The molecule has 0 bridgehead atoms. The van der Waals surface area contributed by atoms with E-state index >= 15 is 0 Å². The summed E-state index contributed by atoms with van der Waals surface area (Å²) in [6.07, 6.45) is -4.51. The second kappa shape index (κ2) is 7.75. The summed E-state index contributed by atoms with van der Waals surface area (Å²) in [6.45, 7) is 1.62. The van der Waals surface area contributed by atoms with E-state index in [1.807, 2.05) is 0 Å². The van der Waals surface area contributed by atoms with Gasteiger partial charge >= 0.3 is 12.1 Å². The van der Waals surface area contributed by atoms with Crippen LogP contribution in [0.1, 0.15) is 42.1 Å². The standard InChI is InChI=1S/C15H16F3NO4/c1-2-11(20)6-7-12(14(22)23)19-13(21)9-4-3-5-10(8-9)15(16,17)18/h3-5,8,12H,2,6-7H2,1H3,(H,19,21)(H,22,23)/t12-/m0/s1. The Hall–Kier alpha value is -2.38. The third-order valence-corrected chi connectivity index (χ3v) is 3.16. The fourth-order valence-electron chi connectivity index (χ4n) is 1.82. The molecule has 0 heterocycles. The predicted molar refractivity (Wildman–Crippen MR) is 74.9 cm³/mol. The van der Waals surface area contributed by atoms with E-state index in [-0.39, 0.29) is 30.6 Å². The molecule has 8 heteroatoms. The molecule has 0 unspecified atom stereocenters. The van der Waals surface area contributed by atoms with Crippen molar-refractivity contribution in [3.05, 3.63) is 35.4 Å². The molecule has 0 aromatic heterocycles. The number of aliphatic carboxylic acids is 1. The van der Waals surface area contributed by atoms with Crippen LogP contribution in [0.25, 0.3) is 0 Å². The Morgan fingerprint density at radius 3 is 2.43 bits per heavy atom. The molecule has 23 heavy (non-hydrogen) atoms. The second-order valence-electron chi connectivity index (χ2n) is 4.87. The lowest BCUT2D eigenvalue weighted by Crippen LogP contribution is -2.41. The third-order valence-electron chi connectivity index (χ3n) is 3.16. The summed E-state index contributed by atoms with van der Waals surface area (Å²) in [6, 6.07) is 2.33. The van der Waals surface area contributed by atoms with Crippen molar-refractivity contribution < 1.29 is 32.7 Å². The number of carbonyl (C=O) groups excluding carboxylic acids is 2. The van der Waals surface area contributed by atoms with Gasteiger partial charge in [0.25, 0.3) is 5.91 Å². The molecule has 1 aromatic rings. The second-order valence-corrected chi connectivity index (χ2v) is 4.87. The van der Waals surface area contributed by atoms with E-state index < -0.39 is 29.7 Å². The van der Waals surface area contributed by atoms with Gasteiger partial charge in [-0.15, -0.1) is 0 Å². The van der Waals surface area contributed by atoms with E-state index in [4.69, 9.17) is 5.11 Å². The Bertz CT molecular complexity index is 599. The van der Waals surface area contributed by atoms with Crippen molar-refractivity contribution in [2.24, 2.45) is 0 Å². The van der Waals surface area contributed by atoms with Crippen LogP contribution in [-0.2, 0) is 15.8 Å².